The van der Waals surface area contributed by atoms with Gasteiger partial charge in [-0.25, -0.2) is 5.01 Å². The number of hydrogen-bond donors (Lipinski definition) is 3. The second-order valence-corrected chi connectivity index (χ2v) is 3.18. The Hall–Kier alpha value is -0.160. The highest BCUT2D eigenvalue weighted by molar-refractivity contribution is 5.05. The molecule has 0 aromatic carbocycles. The van der Waals surface area contributed by atoms with Gasteiger partial charge in [-0.3, -0.25) is 5.84 Å². The third kappa shape index (κ3) is 0.845. The Labute approximate surface area is 60.7 Å². The Bertz CT molecular complexity index is 132. The van der Waals surface area contributed by atoms with Gasteiger partial charge in [-0.2, -0.15) is 5.53 Å². The Morgan fingerprint density at radius 1 is 1.50 bits per heavy atom. The van der Waals surface area contributed by atoms with Crippen molar-refractivity contribution in [1.82, 2.24) is 15.9 Å². The molecular weight excluding hydrogens is 128 g/mol. The molecule has 2 fully saturated rings. The van der Waals surface area contributed by atoms with E-state index in [1.54, 1.807) is 0 Å². The summed E-state index contributed by atoms with van der Waals surface area (Å²) in [6, 6.07) is 0. The van der Waals surface area contributed by atoms with Crippen LogP contribution >= 0.6 is 0 Å². The fraction of sp³-hybridized carbons (Fsp3) is 1.00. The number of hydrazine groups is 2. The number of rotatable bonds is 1. The fourth-order valence-corrected chi connectivity index (χ4v) is 1.64. The van der Waals surface area contributed by atoms with Crippen LogP contribution in [0, 0.1) is 0 Å². The van der Waals surface area contributed by atoms with E-state index in [-0.39, 0.29) is 0 Å². The summed E-state index contributed by atoms with van der Waals surface area (Å²) in [5.74, 6) is 5.37. The van der Waals surface area contributed by atoms with Crippen molar-refractivity contribution in [3.05, 3.63) is 0 Å². The van der Waals surface area contributed by atoms with Gasteiger partial charge < -0.3 is 5.32 Å². The first-order valence-corrected chi connectivity index (χ1v) is 3.82. The lowest BCUT2D eigenvalue weighted by Crippen LogP contribution is -2.60. The molecule has 4 heteroatoms. The summed E-state index contributed by atoms with van der Waals surface area (Å²) in [4.78, 5) is 0. The Kier molecular flexibility index (Phi) is 1.42. The first-order valence-electron chi connectivity index (χ1n) is 3.82. The molecule has 58 valence electrons. The zero-order valence-electron chi connectivity index (χ0n) is 6.06. The molecule has 1 spiro atoms. The van der Waals surface area contributed by atoms with Crippen LogP contribution in [0.15, 0.2) is 0 Å². The third-order valence-corrected chi connectivity index (χ3v) is 2.52. The molecule has 1 aliphatic carbocycles. The van der Waals surface area contributed by atoms with Gasteiger partial charge in [0.2, 0.25) is 0 Å². The van der Waals surface area contributed by atoms with E-state index in [2.05, 4.69) is 15.9 Å². The topological polar surface area (TPSA) is 53.3 Å². The molecule has 4 N–H and O–H groups in total. The van der Waals surface area contributed by atoms with Crippen LogP contribution in [0.3, 0.4) is 0 Å². The maximum atomic E-state index is 5.37. The largest absolute Gasteiger partial charge is 0.314 e. The molecule has 1 saturated carbocycles. The van der Waals surface area contributed by atoms with Crippen LogP contribution in [-0.4, -0.2) is 30.2 Å². The monoisotopic (exact) mass is 142 g/mol. The highest BCUT2D eigenvalue weighted by Crippen LogP contribution is 2.40. The first-order chi connectivity index (χ1) is 4.87. The summed E-state index contributed by atoms with van der Waals surface area (Å²) in [6.07, 6.45) is 2.56. The predicted octanol–water partition coefficient (Wildman–Crippen LogP) is -1.20. The lowest BCUT2D eigenvalue weighted by atomic mass is 10.2. The van der Waals surface area contributed by atoms with Gasteiger partial charge in [0.15, 0.2) is 0 Å². The standard InChI is InChI=1S/C6H14N4/c7-9-10-4-3-8-5-6(10)1-2-6/h8-9H,1-5,7H2. The van der Waals surface area contributed by atoms with Gasteiger partial charge in [0, 0.05) is 25.2 Å². The van der Waals surface area contributed by atoms with Gasteiger partial charge in [0.05, 0.1) is 0 Å². The van der Waals surface area contributed by atoms with Crippen LogP contribution in [0.2, 0.25) is 0 Å². The summed E-state index contributed by atoms with van der Waals surface area (Å²) in [6.45, 7) is 3.17. The van der Waals surface area contributed by atoms with Crippen molar-refractivity contribution < 1.29 is 0 Å². The van der Waals surface area contributed by atoms with Gasteiger partial charge in [0.25, 0.3) is 0 Å². The minimum atomic E-state index is 0.382. The van der Waals surface area contributed by atoms with E-state index in [1.165, 1.54) is 12.8 Å². The molecule has 0 atom stereocenters. The highest BCUT2D eigenvalue weighted by Gasteiger charge is 2.49. The lowest BCUT2D eigenvalue weighted by molar-refractivity contribution is 0.0808. The van der Waals surface area contributed by atoms with Crippen LogP contribution in [-0.2, 0) is 0 Å². The van der Waals surface area contributed by atoms with Gasteiger partial charge in [0.1, 0.15) is 0 Å². The SMILES string of the molecule is NNN1CCNCC12CC2. The number of nitrogens with one attached hydrogen (secondary N) is 2. The van der Waals surface area contributed by atoms with Crippen molar-refractivity contribution >= 4 is 0 Å². The van der Waals surface area contributed by atoms with E-state index < -0.39 is 0 Å². The summed E-state index contributed by atoms with van der Waals surface area (Å²) < 4.78 is 0. The average Bonchev–Trinajstić information content (AvgIpc) is 2.71. The fourth-order valence-electron chi connectivity index (χ4n) is 1.64. The Morgan fingerprint density at radius 2 is 2.30 bits per heavy atom. The van der Waals surface area contributed by atoms with E-state index in [1.807, 2.05) is 0 Å². The number of hydrogen-bond acceptors (Lipinski definition) is 4. The van der Waals surface area contributed by atoms with Gasteiger partial charge in [-0.15, -0.1) is 0 Å². The summed E-state index contributed by atoms with van der Waals surface area (Å²) in [5.41, 5.74) is 3.13. The maximum absolute atomic E-state index is 5.37. The molecule has 0 amide bonds. The molecule has 0 aromatic rings. The number of nitrogens with zero attached hydrogens (tertiary/aromatic N) is 1. The van der Waals surface area contributed by atoms with E-state index >= 15 is 0 Å². The van der Waals surface area contributed by atoms with Crippen molar-refractivity contribution in [3.63, 3.8) is 0 Å². The van der Waals surface area contributed by atoms with Crippen molar-refractivity contribution in [1.29, 1.82) is 0 Å². The minimum absolute atomic E-state index is 0.382. The van der Waals surface area contributed by atoms with Crippen LogP contribution in [0.1, 0.15) is 12.8 Å². The van der Waals surface area contributed by atoms with Gasteiger partial charge in [-0.1, -0.05) is 0 Å². The molecular formula is C6H14N4. The Balaban J connectivity index is 2.01. The highest BCUT2D eigenvalue weighted by atomic mass is 15.7. The molecule has 1 aliphatic heterocycles. The number of piperazine rings is 1. The van der Waals surface area contributed by atoms with Crippen molar-refractivity contribution in [3.8, 4) is 0 Å². The molecule has 0 bridgehead atoms. The minimum Gasteiger partial charge on any atom is -0.314 e. The molecule has 0 radical (unpaired) electrons. The molecule has 0 aromatic heterocycles. The van der Waals surface area contributed by atoms with Gasteiger partial charge >= 0.3 is 0 Å². The molecule has 1 heterocycles. The first kappa shape index (κ1) is 6.54. The third-order valence-electron chi connectivity index (χ3n) is 2.52. The van der Waals surface area contributed by atoms with Crippen LogP contribution in [0.4, 0.5) is 0 Å². The van der Waals surface area contributed by atoms with Crippen molar-refractivity contribution in [2.45, 2.75) is 18.4 Å². The second-order valence-electron chi connectivity index (χ2n) is 3.18. The zero-order chi connectivity index (χ0) is 7.03. The molecule has 0 unspecified atom stereocenters. The molecule has 2 rings (SSSR count). The second kappa shape index (κ2) is 2.17. The van der Waals surface area contributed by atoms with Crippen LogP contribution < -0.4 is 16.7 Å². The van der Waals surface area contributed by atoms with Crippen molar-refractivity contribution in [2.24, 2.45) is 5.84 Å². The molecule has 4 nitrogen and oxygen atoms in total. The Morgan fingerprint density at radius 3 is 2.80 bits per heavy atom. The maximum Gasteiger partial charge on any atom is 0.0493 e. The normalized spacial score (nSPS) is 30.9. The average molecular weight is 142 g/mol. The number of nitrogens with two attached hydrogens (primary N) is 1. The van der Waals surface area contributed by atoms with Crippen LogP contribution in [0.5, 0.6) is 0 Å². The molecule has 2 aliphatic rings. The summed E-state index contributed by atoms with van der Waals surface area (Å²) >= 11 is 0. The quantitative estimate of drug-likeness (QED) is 0.318. The lowest BCUT2D eigenvalue weighted by Gasteiger charge is -2.35. The zero-order valence-corrected chi connectivity index (χ0v) is 6.06. The molecule has 10 heavy (non-hydrogen) atoms. The van der Waals surface area contributed by atoms with E-state index in [4.69, 9.17) is 5.84 Å². The predicted molar refractivity (Wildman–Crippen MR) is 38.9 cm³/mol. The smallest absolute Gasteiger partial charge is 0.0493 e. The van der Waals surface area contributed by atoms with E-state index in [0.717, 1.165) is 19.6 Å². The molecule has 1 saturated heterocycles. The van der Waals surface area contributed by atoms with E-state index in [0.29, 0.717) is 5.54 Å². The summed E-state index contributed by atoms with van der Waals surface area (Å²) in [5, 5.41) is 5.52. The summed E-state index contributed by atoms with van der Waals surface area (Å²) in [7, 11) is 0. The van der Waals surface area contributed by atoms with Gasteiger partial charge in [-0.05, 0) is 12.8 Å². The van der Waals surface area contributed by atoms with Crippen molar-refractivity contribution in [2.75, 3.05) is 19.6 Å². The van der Waals surface area contributed by atoms with E-state index in [9.17, 15) is 0 Å². The van der Waals surface area contributed by atoms with Crippen LogP contribution in [0.25, 0.3) is 0 Å².